The van der Waals surface area contributed by atoms with Crippen molar-refractivity contribution in [3.05, 3.63) is 42.7 Å². The standard InChI is InChI=1S/C17H20FN3O2/c1-2-7-21-16(22)12-15(17(21)23)20-10-8-19(9-11-20)14-5-3-13(18)4-6-14/h2-6,15H,1,7-12H2. The average Bonchev–Trinajstić information content (AvgIpc) is 2.84. The molecule has 1 aromatic rings. The lowest BCUT2D eigenvalue weighted by atomic mass is 10.1. The Bertz CT molecular complexity index is 609. The van der Waals surface area contributed by atoms with Gasteiger partial charge in [-0.2, -0.15) is 0 Å². The Morgan fingerprint density at radius 3 is 2.39 bits per heavy atom. The minimum Gasteiger partial charge on any atom is -0.369 e. The monoisotopic (exact) mass is 317 g/mol. The Kier molecular flexibility index (Phi) is 4.43. The van der Waals surface area contributed by atoms with E-state index < -0.39 is 0 Å². The van der Waals surface area contributed by atoms with E-state index in [1.54, 1.807) is 18.2 Å². The number of likely N-dealkylation sites (tertiary alicyclic amines) is 1. The molecule has 2 amide bonds. The lowest BCUT2D eigenvalue weighted by Gasteiger charge is -2.38. The number of carbonyl (C=O) groups is 2. The molecule has 23 heavy (non-hydrogen) atoms. The first-order valence-electron chi connectivity index (χ1n) is 7.80. The third-order valence-corrected chi connectivity index (χ3v) is 4.48. The number of hydrogen-bond donors (Lipinski definition) is 0. The fourth-order valence-electron chi connectivity index (χ4n) is 3.22. The Balaban J connectivity index is 1.61. The Hall–Kier alpha value is -2.21. The number of carbonyl (C=O) groups excluding carboxylic acids is 2. The van der Waals surface area contributed by atoms with E-state index in [0.29, 0.717) is 13.1 Å². The topological polar surface area (TPSA) is 43.9 Å². The second kappa shape index (κ2) is 6.50. The first-order chi connectivity index (χ1) is 11.1. The molecule has 0 radical (unpaired) electrons. The van der Waals surface area contributed by atoms with Gasteiger partial charge in [-0.15, -0.1) is 6.58 Å². The molecule has 2 aliphatic rings. The summed E-state index contributed by atoms with van der Waals surface area (Å²) in [6, 6.07) is 6.09. The lowest BCUT2D eigenvalue weighted by Crippen LogP contribution is -2.52. The minimum atomic E-state index is -0.349. The molecule has 2 aliphatic heterocycles. The van der Waals surface area contributed by atoms with E-state index in [1.807, 2.05) is 0 Å². The molecule has 3 rings (SSSR count). The largest absolute Gasteiger partial charge is 0.369 e. The van der Waals surface area contributed by atoms with Crippen molar-refractivity contribution in [2.45, 2.75) is 12.5 Å². The van der Waals surface area contributed by atoms with Gasteiger partial charge >= 0.3 is 0 Å². The summed E-state index contributed by atoms with van der Waals surface area (Å²) < 4.78 is 13.0. The van der Waals surface area contributed by atoms with Crippen molar-refractivity contribution in [2.75, 3.05) is 37.6 Å². The fourth-order valence-corrected chi connectivity index (χ4v) is 3.22. The molecule has 0 spiro atoms. The molecule has 0 N–H and O–H groups in total. The predicted molar refractivity (Wildman–Crippen MR) is 85.5 cm³/mol. The molecule has 6 heteroatoms. The summed E-state index contributed by atoms with van der Waals surface area (Å²) >= 11 is 0. The van der Waals surface area contributed by atoms with Crippen molar-refractivity contribution in [1.29, 1.82) is 0 Å². The zero-order chi connectivity index (χ0) is 16.4. The van der Waals surface area contributed by atoms with E-state index >= 15 is 0 Å². The van der Waals surface area contributed by atoms with Crippen LogP contribution in [0.1, 0.15) is 6.42 Å². The summed E-state index contributed by atoms with van der Waals surface area (Å²) in [6.45, 7) is 6.80. The number of piperazine rings is 1. The molecule has 0 bridgehead atoms. The van der Waals surface area contributed by atoms with E-state index in [4.69, 9.17) is 0 Å². The van der Waals surface area contributed by atoms with Gasteiger partial charge in [0.15, 0.2) is 0 Å². The van der Waals surface area contributed by atoms with Crippen LogP contribution in [-0.4, -0.2) is 60.4 Å². The summed E-state index contributed by atoms with van der Waals surface area (Å²) in [5.74, 6) is -0.490. The number of amides is 2. The van der Waals surface area contributed by atoms with E-state index in [9.17, 15) is 14.0 Å². The number of anilines is 1. The molecule has 122 valence electrons. The summed E-state index contributed by atoms with van der Waals surface area (Å²) in [5.41, 5.74) is 0.980. The summed E-state index contributed by atoms with van der Waals surface area (Å²) in [7, 11) is 0. The number of nitrogens with zero attached hydrogens (tertiary/aromatic N) is 3. The van der Waals surface area contributed by atoms with Crippen molar-refractivity contribution in [2.24, 2.45) is 0 Å². The molecular weight excluding hydrogens is 297 g/mol. The average molecular weight is 317 g/mol. The quantitative estimate of drug-likeness (QED) is 0.619. The van der Waals surface area contributed by atoms with Gasteiger partial charge in [0.25, 0.3) is 0 Å². The number of halogens is 1. The smallest absolute Gasteiger partial charge is 0.247 e. The number of benzene rings is 1. The SMILES string of the molecule is C=CCN1C(=O)CC(N2CCN(c3ccc(F)cc3)CC2)C1=O. The zero-order valence-electron chi connectivity index (χ0n) is 12.9. The summed E-state index contributed by atoms with van der Waals surface area (Å²) in [4.78, 5) is 29.8. The van der Waals surface area contributed by atoms with E-state index in [2.05, 4.69) is 16.4 Å². The first-order valence-corrected chi connectivity index (χ1v) is 7.80. The molecule has 1 atom stereocenters. The van der Waals surface area contributed by atoms with Crippen molar-refractivity contribution in [3.63, 3.8) is 0 Å². The number of rotatable bonds is 4. The van der Waals surface area contributed by atoms with Crippen LogP contribution < -0.4 is 4.90 Å². The molecule has 2 fully saturated rings. The Labute approximate surface area is 135 Å². The third kappa shape index (κ3) is 3.12. The Morgan fingerprint density at radius 2 is 1.78 bits per heavy atom. The van der Waals surface area contributed by atoms with Crippen molar-refractivity contribution < 1.29 is 14.0 Å². The maximum Gasteiger partial charge on any atom is 0.247 e. The minimum absolute atomic E-state index is 0.120. The van der Waals surface area contributed by atoms with Gasteiger partial charge in [0.2, 0.25) is 11.8 Å². The van der Waals surface area contributed by atoms with Gasteiger partial charge in [-0.1, -0.05) is 6.08 Å². The van der Waals surface area contributed by atoms with Crippen LogP contribution in [0.25, 0.3) is 0 Å². The Morgan fingerprint density at radius 1 is 1.13 bits per heavy atom. The summed E-state index contributed by atoms with van der Waals surface area (Å²) in [5, 5.41) is 0. The summed E-state index contributed by atoms with van der Waals surface area (Å²) in [6.07, 6.45) is 1.83. The highest BCUT2D eigenvalue weighted by Gasteiger charge is 2.41. The highest BCUT2D eigenvalue weighted by Crippen LogP contribution is 2.22. The van der Waals surface area contributed by atoms with Gasteiger partial charge in [-0.3, -0.25) is 19.4 Å². The molecule has 1 unspecified atom stereocenters. The van der Waals surface area contributed by atoms with Crippen LogP contribution in [0.15, 0.2) is 36.9 Å². The molecular formula is C17H20FN3O2. The highest BCUT2D eigenvalue weighted by atomic mass is 19.1. The number of hydrogen-bond acceptors (Lipinski definition) is 4. The molecule has 0 aromatic heterocycles. The van der Waals surface area contributed by atoms with Gasteiger partial charge in [-0.05, 0) is 24.3 Å². The van der Waals surface area contributed by atoms with Crippen molar-refractivity contribution in [3.8, 4) is 0 Å². The predicted octanol–water partition coefficient (Wildman–Crippen LogP) is 1.26. The van der Waals surface area contributed by atoms with Gasteiger partial charge < -0.3 is 4.90 Å². The second-order valence-corrected chi connectivity index (χ2v) is 5.85. The first kappa shape index (κ1) is 15.7. The molecule has 1 aromatic carbocycles. The fraction of sp³-hybridized carbons (Fsp3) is 0.412. The van der Waals surface area contributed by atoms with E-state index in [0.717, 1.165) is 18.8 Å². The molecule has 0 saturated carbocycles. The third-order valence-electron chi connectivity index (χ3n) is 4.48. The van der Waals surface area contributed by atoms with Crippen molar-refractivity contribution >= 4 is 17.5 Å². The molecule has 2 heterocycles. The molecule has 2 saturated heterocycles. The van der Waals surface area contributed by atoms with Crippen LogP contribution in [0, 0.1) is 5.82 Å². The second-order valence-electron chi connectivity index (χ2n) is 5.85. The lowest BCUT2D eigenvalue weighted by molar-refractivity contribution is -0.139. The molecule has 0 aliphatic carbocycles. The maximum atomic E-state index is 13.0. The van der Waals surface area contributed by atoms with Crippen LogP contribution in [0.3, 0.4) is 0 Å². The molecule has 5 nitrogen and oxygen atoms in total. The highest BCUT2D eigenvalue weighted by molar-refractivity contribution is 6.05. The number of imide groups is 1. The van der Waals surface area contributed by atoms with Crippen LogP contribution >= 0.6 is 0 Å². The maximum absolute atomic E-state index is 13.0. The van der Waals surface area contributed by atoms with Gasteiger partial charge in [0.1, 0.15) is 5.82 Å². The normalized spacial score (nSPS) is 22.7. The van der Waals surface area contributed by atoms with Gasteiger partial charge in [0.05, 0.1) is 12.5 Å². The van der Waals surface area contributed by atoms with E-state index in [1.165, 1.54) is 17.0 Å². The van der Waals surface area contributed by atoms with Gasteiger partial charge in [0, 0.05) is 38.4 Å². The zero-order valence-corrected chi connectivity index (χ0v) is 12.9. The van der Waals surface area contributed by atoms with Crippen LogP contribution in [0.2, 0.25) is 0 Å². The van der Waals surface area contributed by atoms with E-state index in [-0.39, 0.29) is 36.6 Å². The van der Waals surface area contributed by atoms with Crippen LogP contribution in [0.4, 0.5) is 10.1 Å². The van der Waals surface area contributed by atoms with Crippen LogP contribution in [-0.2, 0) is 9.59 Å². The van der Waals surface area contributed by atoms with Crippen molar-refractivity contribution in [1.82, 2.24) is 9.80 Å². The van der Waals surface area contributed by atoms with Crippen LogP contribution in [0.5, 0.6) is 0 Å². The van der Waals surface area contributed by atoms with Gasteiger partial charge in [-0.25, -0.2) is 4.39 Å².